The number of carbonyl (C=O) groups is 1. The number of fused-ring (bicyclic) bond motifs is 1. The summed E-state index contributed by atoms with van der Waals surface area (Å²) in [6.07, 6.45) is 2.55. The molecule has 1 amide bonds. The van der Waals surface area contributed by atoms with Crippen LogP contribution < -0.4 is 15.0 Å². The van der Waals surface area contributed by atoms with Crippen molar-refractivity contribution in [2.45, 2.75) is 26.4 Å². The number of amides is 1. The highest BCUT2D eigenvalue weighted by molar-refractivity contribution is 5.85. The van der Waals surface area contributed by atoms with Crippen LogP contribution >= 0.6 is 0 Å². The molecule has 1 aliphatic rings. The van der Waals surface area contributed by atoms with Crippen molar-refractivity contribution >= 4 is 28.8 Å². The molecule has 4 rings (SSSR count). The first-order valence-electron chi connectivity index (χ1n) is 10.7. The summed E-state index contributed by atoms with van der Waals surface area (Å²) in [5.41, 5.74) is 0.240. The smallest absolute Gasteiger partial charge is 0.412 e. The number of piperazine rings is 1. The molecule has 0 radical (unpaired) electrons. The molecule has 0 atom stereocenters. The van der Waals surface area contributed by atoms with Gasteiger partial charge in [0.1, 0.15) is 17.2 Å². The second kappa shape index (κ2) is 9.14. The number of aromatic nitrogens is 3. The number of halogens is 1. The number of likely N-dealkylation sites (N-methyl/N-ethyl adjacent to an activating group) is 1. The average molecular weight is 455 g/mol. The Hall–Kier alpha value is -3.53. The third-order valence-corrected chi connectivity index (χ3v) is 5.03. The zero-order valence-corrected chi connectivity index (χ0v) is 19.1. The van der Waals surface area contributed by atoms with Crippen molar-refractivity contribution in [2.24, 2.45) is 0 Å². The molecule has 10 heteroatoms. The van der Waals surface area contributed by atoms with Gasteiger partial charge >= 0.3 is 6.09 Å². The molecule has 33 heavy (non-hydrogen) atoms. The minimum atomic E-state index is -0.735. The van der Waals surface area contributed by atoms with Crippen LogP contribution in [0.2, 0.25) is 0 Å². The predicted octanol–water partition coefficient (Wildman–Crippen LogP) is 4.06. The van der Waals surface area contributed by atoms with Crippen LogP contribution in [0.15, 0.2) is 36.7 Å². The maximum Gasteiger partial charge on any atom is 0.412 e. The summed E-state index contributed by atoms with van der Waals surface area (Å²) in [4.78, 5) is 29.8. The van der Waals surface area contributed by atoms with Crippen molar-refractivity contribution in [3.8, 4) is 11.5 Å². The van der Waals surface area contributed by atoms with E-state index in [0.717, 1.165) is 32.0 Å². The Morgan fingerprint density at radius 1 is 1.12 bits per heavy atom. The van der Waals surface area contributed by atoms with Crippen LogP contribution in [0, 0.1) is 5.82 Å². The number of anilines is 2. The Morgan fingerprint density at radius 2 is 1.88 bits per heavy atom. The second-order valence-corrected chi connectivity index (χ2v) is 8.87. The summed E-state index contributed by atoms with van der Waals surface area (Å²) in [6, 6.07) is 5.80. The summed E-state index contributed by atoms with van der Waals surface area (Å²) < 4.78 is 25.6. The summed E-state index contributed by atoms with van der Waals surface area (Å²) in [6.45, 7) is 8.86. The van der Waals surface area contributed by atoms with E-state index in [9.17, 15) is 9.18 Å². The summed E-state index contributed by atoms with van der Waals surface area (Å²) >= 11 is 0. The number of rotatable bonds is 4. The molecule has 2 aromatic heterocycles. The molecule has 0 spiro atoms. The molecule has 3 aromatic rings. The number of benzene rings is 1. The molecule has 174 valence electrons. The number of carbonyl (C=O) groups excluding carboxylic acids is 1. The number of pyridine rings is 1. The van der Waals surface area contributed by atoms with E-state index in [1.807, 2.05) is 0 Å². The Balaban J connectivity index is 1.50. The van der Waals surface area contributed by atoms with Gasteiger partial charge in [0.15, 0.2) is 22.7 Å². The van der Waals surface area contributed by atoms with Crippen molar-refractivity contribution < 1.29 is 18.7 Å². The van der Waals surface area contributed by atoms with E-state index in [1.165, 1.54) is 12.1 Å². The third kappa shape index (κ3) is 5.64. The standard InChI is InChI=1S/C23H27FN6O3/c1-23(2,3)33-22(31)27-17-6-5-15(13-16(17)24)32-18-7-8-25-21-20(18)26-14-19(28-21)30-11-9-29(4)10-12-30/h5-8,13-14H,9-12H2,1-4H3,(H,27,31). The van der Waals surface area contributed by atoms with Gasteiger partial charge in [-0.15, -0.1) is 0 Å². The molecule has 1 aliphatic heterocycles. The zero-order chi connectivity index (χ0) is 23.6. The lowest BCUT2D eigenvalue weighted by atomic mass is 10.2. The van der Waals surface area contributed by atoms with Crippen molar-refractivity contribution in [3.05, 3.63) is 42.5 Å². The highest BCUT2D eigenvalue weighted by Gasteiger charge is 2.19. The summed E-state index contributed by atoms with van der Waals surface area (Å²) in [7, 11) is 2.09. The van der Waals surface area contributed by atoms with Crippen molar-refractivity contribution in [1.29, 1.82) is 0 Å². The van der Waals surface area contributed by atoms with E-state index < -0.39 is 17.5 Å². The van der Waals surface area contributed by atoms with Gasteiger partial charge < -0.3 is 19.3 Å². The minimum Gasteiger partial charge on any atom is -0.455 e. The minimum absolute atomic E-state index is 0.00667. The first-order chi connectivity index (χ1) is 15.7. The monoisotopic (exact) mass is 454 g/mol. The quantitative estimate of drug-likeness (QED) is 0.631. The maximum absolute atomic E-state index is 14.5. The summed E-state index contributed by atoms with van der Waals surface area (Å²) in [5, 5.41) is 2.40. The molecule has 1 fully saturated rings. The highest BCUT2D eigenvalue weighted by atomic mass is 19.1. The van der Waals surface area contributed by atoms with Gasteiger partial charge in [-0.1, -0.05) is 0 Å². The van der Waals surface area contributed by atoms with Gasteiger partial charge in [0.2, 0.25) is 0 Å². The Kier molecular flexibility index (Phi) is 6.28. The van der Waals surface area contributed by atoms with Crippen LogP contribution in [0.1, 0.15) is 20.8 Å². The van der Waals surface area contributed by atoms with Crippen molar-refractivity contribution in [1.82, 2.24) is 19.9 Å². The fourth-order valence-corrected chi connectivity index (χ4v) is 3.36. The van der Waals surface area contributed by atoms with E-state index in [-0.39, 0.29) is 11.4 Å². The van der Waals surface area contributed by atoms with Gasteiger partial charge in [0.25, 0.3) is 0 Å². The van der Waals surface area contributed by atoms with Gasteiger partial charge in [0, 0.05) is 44.5 Å². The van der Waals surface area contributed by atoms with Gasteiger partial charge in [-0.3, -0.25) is 5.32 Å². The first kappa shape index (κ1) is 22.7. The predicted molar refractivity (Wildman–Crippen MR) is 123 cm³/mol. The average Bonchev–Trinajstić information content (AvgIpc) is 2.75. The lowest BCUT2D eigenvalue weighted by molar-refractivity contribution is 0.0635. The van der Waals surface area contributed by atoms with Crippen LogP contribution in [-0.4, -0.2) is 64.8 Å². The van der Waals surface area contributed by atoms with Crippen LogP contribution in [0.25, 0.3) is 11.2 Å². The Bertz CT molecular complexity index is 1160. The Morgan fingerprint density at radius 3 is 2.58 bits per heavy atom. The molecule has 1 saturated heterocycles. The van der Waals surface area contributed by atoms with E-state index in [4.69, 9.17) is 9.47 Å². The normalized spacial score (nSPS) is 14.9. The van der Waals surface area contributed by atoms with Crippen LogP contribution in [0.3, 0.4) is 0 Å². The second-order valence-electron chi connectivity index (χ2n) is 8.87. The molecule has 0 saturated carbocycles. The van der Waals surface area contributed by atoms with E-state index in [2.05, 4.69) is 37.1 Å². The molecule has 1 aromatic carbocycles. The van der Waals surface area contributed by atoms with Crippen LogP contribution in [0.4, 0.5) is 20.7 Å². The molecule has 0 bridgehead atoms. The summed E-state index contributed by atoms with van der Waals surface area (Å²) in [5.74, 6) is 0.772. The lowest BCUT2D eigenvalue weighted by Crippen LogP contribution is -2.44. The lowest BCUT2D eigenvalue weighted by Gasteiger charge is -2.32. The van der Waals surface area contributed by atoms with E-state index in [0.29, 0.717) is 16.9 Å². The molecule has 1 N–H and O–H groups in total. The SMILES string of the molecule is CN1CCN(c2cnc3c(Oc4ccc(NC(=O)OC(C)(C)C)c(F)c4)ccnc3n2)CC1. The molecule has 0 aliphatic carbocycles. The van der Waals surface area contributed by atoms with Crippen LogP contribution in [-0.2, 0) is 4.74 Å². The molecule has 3 heterocycles. The van der Waals surface area contributed by atoms with E-state index >= 15 is 0 Å². The van der Waals surface area contributed by atoms with Crippen molar-refractivity contribution in [3.63, 3.8) is 0 Å². The molecule has 0 unspecified atom stereocenters. The van der Waals surface area contributed by atoms with Gasteiger partial charge in [-0.2, -0.15) is 0 Å². The van der Waals surface area contributed by atoms with Crippen LogP contribution in [0.5, 0.6) is 11.5 Å². The van der Waals surface area contributed by atoms with Gasteiger partial charge in [-0.25, -0.2) is 24.1 Å². The van der Waals surface area contributed by atoms with E-state index in [1.54, 1.807) is 45.3 Å². The van der Waals surface area contributed by atoms with Gasteiger partial charge in [0.05, 0.1) is 11.9 Å². The first-order valence-corrected chi connectivity index (χ1v) is 10.7. The topological polar surface area (TPSA) is 92.7 Å². The number of nitrogens with one attached hydrogen (secondary N) is 1. The number of nitrogens with zero attached hydrogens (tertiary/aromatic N) is 5. The fourth-order valence-electron chi connectivity index (χ4n) is 3.36. The maximum atomic E-state index is 14.5. The fraction of sp³-hybridized carbons (Fsp3) is 0.391. The number of hydrogen-bond acceptors (Lipinski definition) is 8. The molecule has 9 nitrogen and oxygen atoms in total. The number of ether oxygens (including phenoxy) is 2. The highest BCUT2D eigenvalue weighted by Crippen LogP contribution is 2.30. The number of hydrogen-bond donors (Lipinski definition) is 1. The molecular formula is C23H27FN6O3. The third-order valence-electron chi connectivity index (χ3n) is 5.03. The largest absolute Gasteiger partial charge is 0.455 e. The molecular weight excluding hydrogens is 427 g/mol. The zero-order valence-electron chi connectivity index (χ0n) is 19.1. The Labute approximate surface area is 191 Å². The van der Waals surface area contributed by atoms with Crippen molar-refractivity contribution in [2.75, 3.05) is 43.4 Å². The van der Waals surface area contributed by atoms with Gasteiger partial charge in [-0.05, 0) is 40.0 Å².